The molecule has 2 aromatic rings. The second-order valence-electron chi connectivity index (χ2n) is 9.32. The standard InChI is InChI=1S/C24H27ClN4O4S/c1-13-9-16(28-26-10-13)18-7-8-19(34-18)23(31)27-20(14-5-3-2-4-6-14)24(32)29-11-15(25)22-21(29)17(30)12-33-22/h7-10,14-15,20-22H,2-6,11-12H2,1H3,(H,27,31). The molecule has 180 valence electrons. The number of fused-ring (bicyclic) bond motifs is 1. The van der Waals surface area contributed by atoms with E-state index < -0.39 is 23.6 Å². The smallest absolute Gasteiger partial charge is 0.262 e. The van der Waals surface area contributed by atoms with Crippen LogP contribution < -0.4 is 5.32 Å². The van der Waals surface area contributed by atoms with Crippen molar-refractivity contribution < 1.29 is 19.1 Å². The molecule has 2 saturated heterocycles. The number of nitrogens with one attached hydrogen (secondary N) is 1. The number of hydrogen-bond acceptors (Lipinski definition) is 7. The minimum Gasteiger partial charge on any atom is -0.366 e. The molecule has 3 fully saturated rings. The Hall–Kier alpha value is -2.36. The third-order valence-electron chi connectivity index (χ3n) is 6.95. The van der Waals surface area contributed by atoms with Crippen LogP contribution >= 0.6 is 22.9 Å². The zero-order valence-corrected chi connectivity index (χ0v) is 20.5. The Morgan fingerprint density at radius 2 is 2.06 bits per heavy atom. The monoisotopic (exact) mass is 502 g/mol. The second-order valence-corrected chi connectivity index (χ2v) is 11.0. The van der Waals surface area contributed by atoms with E-state index in [1.807, 2.05) is 19.1 Å². The van der Waals surface area contributed by atoms with E-state index >= 15 is 0 Å². The predicted octanol–water partition coefficient (Wildman–Crippen LogP) is 2.98. The average Bonchev–Trinajstić information content (AvgIpc) is 3.56. The van der Waals surface area contributed by atoms with E-state index in [9.17, 15) is 14.4 Å². The first-order valence-corrected chi connectivity index (χ1v) is 13.0. The molecule has 8 nitrogen and oxygen atoms in total. The molecule has 3 aliphatic rings. The van der Waals surface area contributed by atoms with Crippen LogP contribution in [0, 0.1) is 12.8 Å². The fraction of sp³-hybridized carbons (Fsp3) is 0.542. The van der Waals surface area contributed by atoms with Crippen molar-refractivity contribution in [3.63, 3.8) is 0 Å². The van der Waals surface area contributed by atoms with E-state index in [4.69, 9.17) is 16.3 Å². The summed E-state index contributed by atoms with van der Waals surface area (Å²) in [6.45, 7) is 2.16. The van der Waals surface area contributed by atoms with Crippen molar-refractivity contribution in [1.29, 1.82) is 0 Å². The molecule has 1 aliphatic carbocycles. The van der Waals surface area contributed by atoms with E-state index in [-0.39, 0.29) is 36.7 Å². The summed E-state index contributed by atoms with van der Waals surface area (Å²) in [5.41, 5.74) is 1.69. The minimum atomic E-state index is -0.701. The summed E-state index contributed by atoms with van der Waals surface area (Å²) in [4.78, 5) is 42.3. The van der Waals surface area contributed by atoms with Crippen LogP contribution in [0.15, 0.2) is 24.4 Å². The second kappa shape index (κ2) is 9.71. The molecule has 10 heteroatoms. The summed E-state index contributed by atoms with van der Waals surface area (Å²) in [6, 6.07) is 4.15. The van der Waals surface area contributed by atoms with Crippen LogP contribution in [-0.4, -0.2) is 69.4 Å². The Bertz CT molecular complexity index is 1100. The number of ether oxygens (including phenoxy) is 1. The molecule has 0 bridgehead atoms. The SMILES string of the molecule is Cc1cnnc(-c2ccc(C(=O)NC(C(=O)N3CC(Cl)C4OCC(=O)C43)C3CCCCC3)s2)c1. The van der Waals surface area contributed by atoms with Gasteiger partial charge >= 0.3 is 0 Å². The number of thiophene rings is 1. The van der Waals surface area contributed by atoms with Gasteiger partial charge in [-0.15, -0.1) is 28.0 Å². The average molecular weight is 503 g/mol. The summed E-state index contributed by atoms with van der Waals surface area (Å²) in [6.07, 6.45) is 6.10. The summed E-state index contributed by atoms with van der Waals surface area (Å²) in [5, 5.41) is 10.7. The number of likely N-dealkylation sites (tertiary alicyclic amines) is 1. The maximum Gasteiger partial charge on any atom is 0.262 e. The van der Waals surface area contributed by atoms with Gasteiger partial charge in [0, 0.05) is 6.54 Å². The summed E-state index contributed by atoms with van der Waals surface area (Å²) in [7, 11) is 0. The van der Waals surface area contributed by atoms with Gasteiger partial charge in [-0.05, 0) is 49.4 Å². The third kappa shape index (κ3) is 4.48. The molecule has 5 rings (SSSR count). The summed E-state index contributed by atoms with van der Waals surface area (Å²) in [5.74, 6) is -0.638. The van der Waals surface area contributed by atoms with Crippen molar-refractivity contribution in [3.8, 4) is 10.6 Å². The number of aryl methyl sites for hydroxylation is 1. The number of ketones is 1. The maximum absolute atomic E-state index is 13.7. The third-order valence-corrected chi connectivity index (χ3v) is 8.45. The predicted molar refractivity (Wildman–Crippen MR) is 128 cm³/mol. The number of carbonyl (C=O) groups excluding carboxylic acids is 3. The molecule has 1 saturated carbocycles. The lowest BCUT2D eigenvalue weighted by molar-refractivity contribution is -0.139. The quantitative estimate of drug-likeness (QED) is 0.631. The van der Waals surface area contributed by atoms with E-state index in [2.05, 4.69) is 15.5 Å². The van der Waals surface area contributed by atoms with Gasteiger partial charge in [0.25, 0.3) is 5.91 Å². The number of Topliss-reactive ketones (excluding diaryl/α,β-unsaturated/α-hetero) is 1. The van der Waals surface area contributed by atoms with Crippen LogP contribution in [0.2, 0.25) is 0 Å². The van der Waals surface area contributed by atoms with Gasteiger partial charge < -0.3 is 15.0 Å². The number of amides is 2. The van der Waals surface area contributed by atoms with E-state index in [1.54, 1.807) is 17.2 Å². The Kier molecular flexibility index (Phi) is 6.68. The molecule has 4 heterocycles. The van der Waals surface area contributed by atoms with Crippen molar-refractivity contribution >= 4 is 40.5 Å². The van der Waals surface area contributed by atoms with Gasteiger partial charge in [-0.3, -0.25) is 14.4 Å². The number of alkyl halides is 1. The van der Waals surface area contributed by atoms with Crippen molar-refractivity contribution in [2.24, 2.45) is 5.92 Å². The highest BCUT2D eigenvalue weighted by Crippen LogP contribution is 2.34. The summed E-state index contributed by atoms with van der Waals surface area (Å²) < 4.78 is 5.54. The van der Waals surface area contributed by atoms with Crippen molar-refractivity contribution in [3.05, 3.63) is 34.8 Å². The molecule has 34 heavy (non-hydrogen) atoms. The number of hydrogen-bond donors (Lipinski definition) is 1. The molecule has 0 radical (unpaired) electrons. The molecule has 4 unspecified atom stereocenters. The number of nitrogens with zero attached hydrogens (tertiary/aromatic N) is 3. The van der Waals surface area contributed by atoms with Crippen molar-refractivity contribution in [2.75, 3.05) is 13.2 Å². The molecule has 2 amide bonds. The number of aromatic nitrogens is 2. The van der Waals surface area contributed by atoms with E-state index in [0.29, 0.717) is 10.6 Å². The van der Waals surface area contributed by atoms with Gasteiger partial charge in [0.15, 0.2) is 5.78 Å². The molecule has 0 aromatic carbocycles. The lowest BCUT2D eigenvalue weighted by Gasteiger charge is -2.34. The fourth-order valence-electron chi connectivity index (χ4n) is 5.25. The molecule has 1 N–H and O–H groups in total. The molecule has 2 aromatic heterocycles. The Morgan fingerprint density at radius 1 is 1.26 bits per heavy atom. The lowest BCUT2D eigenvalue weighted by Crippen LogP contribution is -2.55. The number of rotatable bonds is 5. The zero-order valence-electron chi connectivity index (χ0n) is 18.9. The first kappa shape index (κ1) is 23.4. The fourth-order valence-corrected chi connectivity index (χ4v) is 6.47. The highest BCUT2D eigenvalue weighted by atomic mass is 35.5. The lowest BCUT2D eigenvalue weighted by atomic mass is 9.83. The zero-order chi connectivity index (χ0) is 23.8. The highest BCUT2D eigenvalue weighted by Gasteiger charge is 2.53. The first-order valence-electron chi connectivity index (χ1n) is 11.7. The highest BCUT2D eigenvalue weighted by molar-refractivity contribution is 7.17. The van der Waals surface area contributed by atoms with Gasteiger partial charge in [0.2, 0.25) is 5.91 Å². The molecule has 0 spiro atoms. The Balaban J connectivity index is 1.37. The van der Waals surface area contributed by atoms with E-state index in [0.717, 1.165) is 42.5 Å². The minimum absolute atomic E-state index is 0.0252. The van der Waals surface area contributed by atoms with Crippen LogP contribution in [0.3, 0.4) is 0 Å². The van der Waals surface area contributed by atoms with Crippen LogP contribution in [-0.2, 0) is 14.3 Å². The van der Waals surface area contributed by atoms with E-state index in [1.165, 1.54) is 11.3 Å². The van der Waals surface area contributed by atoms with Crippen molar-refractivity contribution in [2.45, 2.75) is 62.6 Å². The van der Waals surface area contributed by atoms with Crippen LogP contribution in [0.25, 0.3) is 10.6 Å². The van der Waals surface area contributed by atoms with Gasteiger partial charge in [-0.25, -0.2) is 0 Å². The maximum atomic E-state index is 13.7. The van der Waals surface area contributed by atoms with Crippen LogP contribution in [0.1, 0.15) is 47.3 Å². The topological polar surface area (TPSA) is 101 Å². The van der Waals surface area contributed by atoms with Gasteiger partial charge in [-0.1, -0.05) is 19.3 Å². The molecular formula is C24H27ClN4O4S. The van der Waals surface area contributed by atoms with Crippen LogP contribution in [0.4, 0.5) is 0 Å². The van der Waals surface area contributed by atoms with Crippen molar-refractivity contribution in [1.82, 2.24) is 20.4 Å². The van der Waals surface area contributed by atoms with Gasteiger partial charge in [0.1, 0.15) is 30.5 Å². The van der Waals surface area contributed by atoms with Gasteiger partial charge in [-0.2, -0.15) is 5.10 Å². The molecule has 2 aliphatic heterocycles. The largest absolute Gasteiger partial charge is 0.366 e. The molecule has 4 atom stereocenters. The van der Waals surface area contributed by atoms with Gasteiger partial charge in [0.05, 0.1) is 21.3 Å². The first-order chi connectivity index (χ1) is 16.4. The summed E-state index contributed by atoms with van der Waals surface area (Å²) >= 11 is 7.73. The number of halogens is 1. The Labute approximate surface area is 207 Å². The number of carbonyl (C=O) groups is 3. The van der Waals surface area contributed by atoms with Crippen LogP contribution in [0.5, 0.6) is 0 Å². The Morgan fingerprint density at radius 3 is 2.82 bits per heavy atom. The normalized spacial score (nSPS) is 25.9. The molecular weight excluding hydrogens is 476 g/mol.